The summed E-state index contributed by atoms with van der Waals surface area (Å²) in [7, 11) is 3.77. The van der Waals surface area contributed by atoms with E-state index in [-0.39, 0.29) is 5.78 Å². The molecule has 1 aromatic carbocycles. The van der Waals surface area contributed by atoms with Gasteiger partial charge in [0.2, 0.25) is 0 Å². The Bertz CT molecular complexity index is 441. The van der Waals surface area contributed by atoms with Gasteiger partial charge in [-0.3, -0.25) is 4.79 Å². The topological polar surface area (TPSA) is 29.5 Å². The van der Waals surface area contributed by atoms with Gasteiger partial charge in [0, 0.05) is 19.5 Å². The molecule has 0 bridgehead atoms. The number of ketones is 1. The highest BCUT2D eigenvalue weighted by Gasteiger charge is 2.08. The van der Waals surface area contributed by atoms with Crippen molar-refractivity contribution in [3.8, 4) is 5.75 Å². The third-order valence-corrected chi connectivity index (χ3v) is 3.68. The Morgan fingerprint density at radius 1 is 1.21 bits per heavy atom. The molecule has 0 radical (unpaired) electrons. The average Bonchev–Trinajstić information content (AvgIpc) is 2.38. The summed E-state index contributed by atoms with van der Waals surface area (Å²) in [5, 5.41) is 0. The molecule has 1 rings (SSSR count). The number of methoxy groups -OCH3 is 1. The first-order chi connectivity index (χ1) is 8.95. The molecule has 106 valence electrons. The number of hydrogen-bond donors (Lipinski definition) is 0. The van der Waals surface area contributed by atoms with Gasteiger partial charge in [0.25, 0.3) is 0 Å². The molecule has 0 aliphatic heterocycles. The number of Topliss-reactive ketones (excluding diaryl/α,β-unsaturated/α-hetero) is 1. The van der Waals surface area contributed by atoms with E-state index in [4.69, 9.17) is 4.74 Å². The lowest BCUT2D eigenvalue weighted by Gasteiger charge is -2.18. The molecule has 0 saturated carbocycles. The summed E-state index contributed by atoms with van der Waals surface area (Å²) in [6.45, 7) is 7.69. The molecule has 0 aliphatic rings. The summed E-state index contributed by atoms with van der Waals surface area (Å²) in [5.74, 6) is 1.20. The fraction of sp³-hybridized carbons (Fsp3) is 0.562. The molecule has 3 nitrogen and oxygen atoms in total. The molecule has 0 unspecified atom stereocenters. The van der Waals surface area contributed by atoms with Crippen molar-refractivity contribution in [3.63, 3.8) is 0 Å². The highest BCUT2D eigenvalue weighted by Crippen LogP contribution is 2.24. The van der Waals surface area contributed by atoms with E-state index in [0.29, 0.717) is 6.42 Å². The number of hydrogen-bond acceptors (Lipinski definition) is 3. The van der Waals surface area contributed by atoms with Gasteiger partial charge >= 0.3 is 0 Å². The Balaban J connectivity index is 2.58. The van der Waals surface area contributed by atoms with Crippen molar-refractivity contribution in [1.29, 1.82) is 0 Å². The van der Waals surface area contributed by atoms with Crippen LogP contribution in [0.4, 0.5) is 0 Å². The van der Waals surface area contributed by atoms with Crippen molar-refractivity contribution in [2.45, 2.75) is 33.6 Å². The SMILES string of the molecule is COc1ccc(CCN(C)CCC(C)=O)c(C)c1C. The lowest BCUT2D eigenvalue weighted by Crippen LogP contribution is -2.24. The van der Waals surface area contributed by atoms with E-state index in [9.17, 15) is 4.79 Å². The van der Waals surface area contributed by atoms with E-state index in [1.54, 1.807) is 14.0 Å². The van der Waals surface area contributed by atoms with Crippen LogP contribution in [0.5, 0.6) is 5.75 Å². The van der Waals surface area contributed by atoms with Crippen LogP contribution >= 0.6 is 0 Å². The highest BCUT2D eigenvalue weighted by atomic mass is 16.5. The van der Waals surface area contributed by atoms with E-state index < -0.39 is 0 Å². The molecule has 0 amide bonds. The van der Waals surface area contributed by atoms with Crippen molar-refractivity contribution in [2.24, 2.45) is 0 Å². The second kappa shape index (κ2) is 7.29. The molecule has 0 fully saturated rings. The predicted octanol–water partition coefficient (Wildman–Crippen LogP) is 2.77. The van der Waals surface area contributed by atoms with Crippen molar-refractivity contribution < 1.29 is 9.53 Å². The predicted molar refractivity (Wildman–Crippen MR) is 79.0 cm³/mol. The van der Waals surface area contributed by atoms with Crippen LogP contribution in [-0.2, 0) is 11.2 Å². The summed E-state index contributed by atoms with van der Waals surface area (Å²) in [6, 6.07) is 4.17. The van der Waals surface area contributed by atoms with Crippen LogP contribution in [0.25, 0.3) is 0 Å². The van der Waals surface area contributed by atoms with Gasteiger partial charge < -0.3 is 9.64 Å². The molecule has 0 aliphatic carbocycles. The van der Waals surface area contributed by atoms with Gasteiger partial charge in [0.15, 0.2) is 0 Å². The van der Waals surface area contributed by atoms with Crippen molar-refractivity contribution in [3.05, 3.63) is 28.8 Å². The minimum atomic E-state index is 0.253. The molecule has 0 spiro atoms. The molecular weight excluding hydrogens is 238 g/mol. The van der Waals surface area contributed by atoms with Crippen LogP contribution in [-0.4, -0.2) is 37.9 Å². The van der Waals surface area contributed by atoms with Crippen LogP contribution in [0.2, 0.25) is 0 Å². The van der Waals surface area contributed by atoms with Crippen molar-refractivity contribution in [1.82, 2.24) is 4.90 Å². The average molecular weight is 263 g/mol. The van der Waals surface area contributed by atoms with Gasteiger partial charge in [-0.25, -0.2) is 0 Å². The molecular formula is C16H25NO2. The van der Waals surface area contributed by atoms with Gasteiger partial charge in [-0.1, -0.05) is 6.07 Å². The summed E-state index contributed by atoms with van der Waals surface area (Å²) < 4.78 is 5.32. The van der Waals surface area contributed by atoms with Crippen LogP contribution in [0.15, 0.2) is 12.1 Å². The Hall–Kier alpha value is -1.35. The zero-order valence-corrected chi connectivity index (χ0v) is 12.7. The standard InChI is InChI=1S/C16H25NO2/c1-12(18)8-10-17(4)11-9-15-6-7-16(19-5)14(3)13(15)2/h6-7H,8-11H2,1-5H3. The monoisotopic (exact) mass is 263 g/mol. The first kappa shape index (κ1) is 15.7. The molecule has 19 heavy (non-hydrogen) atoms. The fourth-order valence-corrected chi connectivity index (χ4v) is 2.12. The molecule has 0 saturated heterocycles. The van der Waals surface area contributed by atoms with Crippen LogP contribution < -0.4 is 4.74 Å². The van der Waals surface area contributed by atoms with E-state index in [1.165, 1.54) is 16.7 Å². The lowest BCUT2D eigenvalue weighted by atomic mass is 10.00. The molecule has 0 aromatic heterocycles. The van der Waals surface area contributed by atoms with E-state index in [2.05, 4.69) is 31.9 Å². The number of nitrogens with zero attached hydrogens (tertiary/aromatic N) is 1. The number of benzene rings is 1. The Morgan fingerprint density at radius 3 is 2.47 bits per heavy atom. The Labute approximate surface area is 116 Å². The first-order valence-corrected chi connectivity index (χ1v) is 6.76. The third-order valence-electron chi connectivity index (χ3n) is 3.68. The Morgan fingerprint density at radius 2 is 1.89 bits per heavy atom. The van der Waals surface area contributed by atoms with Gasteiger partial charge in [-0.2, -0.15) is 0 Å². The largest absolute Gasteiger partial charge is 0.496 e. The maximum Gasteiger partial charge on any atom is 0.131 e. The molecule has 0 N–H and O–H groups in total. The molecule has 0 heterocycles. The maximum atomic E-state index is 11.0. The number of likely N-dealkylation sites (N-methyl/N-ethyl adjacent to an activating group) is 1. The van der Waals surface area contributed by atoms with E-state index in [0.717, 1.165) is 25.3 Å². The zero-order chi connectivity index (χ0) is 14.4. The number of ether oxygens (including phenoxy) is 1. The fourth-order valence-electron chi connectivity index (χ4n) is 2.12. The Kier molecular flexibility index (Phi) is 6.03. The zero-order valence-electron chi connectivity index (χ0n) is 12.7. The van der Waals surface area contributed by atoms with Crippen LogP contribution in [0, 0.1) is 13.8 Å². The quantitative estimate of drug-likeness (QED) is 0.757. The third kappa shape index (κ3) is 4.67. The molecule has 3 heteroatoms. The van der Waals surface area contributed by atoms with Crippen molar-refractivity contribution >= 4 is 5.78 Å². The second-order valence-electron chi connectivity index (χ2n) is 5.18. The van der Waals surface area contributed by atoms with Gasteiger partial charge in [0.1, 0.15) is 11.5 Å². The van der Waals surface area contributed by atoms with Gasteiger partial charge in [-0.15, -0.1) is 0 Å². The van der Waals surface area contributed by atoms with E-state index >= 15 is 0 Å². The number of rotatable bonds is 7. The van der Waals surface area contributed by atoms with Crippen LogP contribution in [0.1, 0.15) is 30.0 Å². The van der Waals surface area contributed by atoms with Gasteiger partial charge in [0.05, 0.1) is 7.11 Å². The minimum Gasteiger partial charge on any atom is -0.496 e. The first-order valence-electron chi connectivity index (χ1n) is 6.76. The summed E-state index contributed by atoms with van der Waals surface area (Å²) in [5.41, 5.74) is 3.87. The minimum absolute atomic E-state index is 0.253. The van der Waals surface area contributed by atoms with Gasteiger partial charge in [-0.05, 0) is 57.0 Å². The maximum absolute atomic E-state index is 11.0. The number of carbonyl (C=O) groups is 1. The van der Waals surface area contributed by atoms with Crippen molar-refractivity contribution in [2.75, 3.05) is 27.2 Å². The van der Waals surface area contributed by atoms with Crippen LogP contribution in [0.3, 0.4) is 0 Å². The summed E-state index contributed by atoms with van der Waals surface area (Å²) in [4.78, 5) is 13.2. The normalized spacial score (nSPS) is 10.8. The van der Waals surface area contributed by atoms with E-state index in [1.807, 2.05) is 6.07 Å². The lowest BCUT2D eigenvalue weighted by molar-refractivity contribution is -0.117. The molecule has 0 atom stereocenters. The molecule has 1 aromatic rings. The second-order valence-corrected chi connectivity index (χ2v) is 5.18. The smallest absolute Gasteiger partial charge is 0.131 e. The number of carbonyl (C=O) groups excluding carboxylic acids is 1. The summed E-state index contributed by atoms with van der Waals surface area (Å²) >= 11 is 0. The highest BCUT2D eigenvalue weighted by molar-refractivity contribution is 5.75. The summed E-state index contributed by atoms with van der Waals surface area (Å²) in [6.07, 6.45) is 1.64.